The van der Waals surface area contributed by atoms with Crippen LogP contribution in [0.15, 0.2) is 49.2 Å². The molecule has 0 spiro atoms. The summed E-state index contributed by atoms with van der Waals surface area (Å²) < 4.78 is 0. The van der Waals surface area contributed by atoms with Gasteiger partial charge >= 0.3 is 0 Å². The lowest BCUT2D eigenvalue weighted by atomic mass is 10.0. The fraction of sp³-hybridized carbons (Fsp3) is 0.542. The highest BCUT2D eigenvalue weighted by Crippen LogP contribution is 2.18. The van der Waals surface area contributed by atoms with Gasteiger partial charge in [-0.15, -0.1) is 0 Å². The Balaban J connectivity index is 1.31. The molecule has 0 radical (unpaired) electrons. The molecule has 2 aliphatic rings. The first-order chi connectivity index (χ1) is 14.0. The zero-order chi connectivity index (χ0) is 20.6. The number of carbonyl (C=O) groups is 1. The molecular formula is C24H36N4O. The summed E-state index contributed by atoms with van der Waals surface area (Å²) >= 11 is 0. The Morgan fingerprint density at radius 2 is 1.76 bits per heavy atom. The minimum Gasteiger partial charge on any atom is -0.383 e. The molecule has 1 aromatic carbocycles. The predicted octanol–water partition coefficient (Wildman–Crippen LogP) is 3.18. The van der Waals surface area contributed by atoms with Crippen LogP contribution in [0.5, 0.6) is 0 Å². The molecule has 158 valence electrons. The van der Waals surface area contributed by atoms with Gasteiger partial charge in [-0.2, -0.15) is 0 Å². The molecule has 5 nitrogen and oxygen atoms in total. The zero-order valence-electron chi connectivity index (χ0n) is 17.9. The number of nitrogens with one attached hydrogen (secondary N) is 1. The highest BCUT2D eigenvalue weighted by Gasteiger charge is 2.23. The smallest absolute Gasteiger partial charge is 0.222 e. The fourth-order valence-corrected chi connectivity index (χ4v) is 4.19. The highest BCUT2D eigenvalue weighted by molar-refractivity contribution is 5.76. The van der Waals surface area contributed by atoms with E-state index in [0.717, 1.165) is 70.8 Å². The van der Waals surface area contributed by atoms with E-state index in [9.17, 15) is 4.79 Å². The second-order valence-electron chi connectivity index (χ2n) is 8.30. The van der Waals surface area contributed by atoms with Crippen LogP contribution in [0.2, 0.25) is 0 Å². The third kappa shape index (κ3) is 6.36. The molecule has 0 aromatic heterocycles. The van der Waals surface area contributed by atoms with E-state index in [1.807, 2.05) is 4.90 Å². The summed E-state index contributed by atoms with van der Waals surface area (Å²) in [6.45, 7) is 16.8. The molecule has 2 fully saturated rings. The first kappa shape index (κ1) is 21.4. The summed E-state index contributed by atoms with van der Waals surface area (Å²) in [4.78, 5) is 19.5. The molecule has 0 unspecified atom stereocenters. The van der Waals surface area contributed by atoms with Gasteiger partial charge in [-0.25, -0.2) is 0 Å². The molecule has 29 heavy (non-hydrogen) atoms. The van der Waals surface area contributed by atoms with E-state index in [2.05, 4.69) is 59.5 Å². The van der Waals surface area contributed by atoms with Crippen molar-refractivity contribution >= 4 is 11.6 Å². The molecule has 0 aliphatic carbocycles. The lowest BCUT2D eigenvalue weighted by Crippen LogP contribution is -2.47. The van der Waals surface area contributed by atoms with Gasteiger partial charge < -0.3 is 15.1 Å². The van der Waals surface area contributed by atoms with Gasteiger partial charge in [0.25, 0.3) is 0 Å². The maximum absolute atomic E-state index is 12.5. The van der Waals surface area contributed by atoms with Gasteiger partial charge in [0.05, 0.1) is 0 Å². The number of allylic oxidation sites excluding steroid dienone is 1. The van der Waals surface area contributed by atoms with Gasteiger partial charge in [-0.3, -0.25) is 9.69 Å². The van der Waals surface area contributed by atoms with E-state index >= 15 is 0 Å². The molecule has 1 amide bonds. The Labute approximate surface area is 176 Å². The van der Waals surface area contributed by atoms with Crippen molar-refractivity contribution in [2.24, 2.45) is 0 Å². The van der Waals surface area contributed by atoms with Crippen molar-refractivity contribution in [1.29, 1.82) is 0 Å². The van der Waals surface area contributed by atoms with Crippen LogP contribution in [-0.4, -0.2) is 67.6 Å². The maximum Gasteiger partial charge on any atom is 0.222 e. The minimum absolute atomic E-state index is 0.310. The van der Waals surface area contributed by atoms with Gasteiger partial charge in [0.1, 0.15) is 0 Å². The van der Waals surface area contributed by atoms with E-state index in [-0.39, 0.29) is 0 Å². The number of likely N-dealkylation sites (tertiary alicyclic amines) is 1. The molecule has 5 heteroatoms. The summed E-state index contributed by atoms with van der Waals surface area (Å²) in [6, 6.07) is 9.21. The molecule has 3 rings (SSSR count). The predicted molar refractivity (Wildman–Crippen MR) is 121 cm³/mol. The van der Waals surface area contributed by atoms with Gasteiger partial charge in [0.2, 0.25) is 5.91 Å². The molecule has 2 heterocycles. The third-order valence-electron chi connectivity index (χ3n) is 6.12. The third-order valence-corrected chi connectivity index (χ3v) is 6.12. The number of nitrogens with zero attached hydrogens (tertiary/aromatic N) is 3. The summed E-state index contributed by atoms with van der Waals surface area (Å²) in [6.07, 6.45) is 5.34. The Morgan fingerprint density at radius 3 is 2.38 bits per heavy atom. The van der Waals surface area contributed by atoms with Crippen molar-refractivity contribution in [3.8, 4) is 0 Å². The number of piperidine rings is 1. The van der Waals surface area contributed by atoms with Crippen LogP contribution in [0.4, 0.5) is 5.69 Å². The van der Waals surface area contributed by atoms with Gasteiger partial charge in [-0.05, 0) is 50.9 Å². The second-order valence-corrected chi connectivity index (χ2v) is 8.30. The Hall–Kier alpha value is -2.27. The quantitative estimate of drug-likeness (QED) is 0.685. The van der Waals surface area contributed by atoms with Crippen LogP contribution < -0.4 is 10.2 Å². The van der Waals surface area contributed by atoms with Crippen LogP contribution in [0.3, 0.4) is 0 Å². The summed E-state index contributed by atoms with van der Waals surface area (Å²) in [5.74, 6) is 0.310. The average Bonchev–Trinajstić information content (AvgIpc) is 2.75. The average molecular weight is 397 g/mol. The van der Waals surface area contributed by atoms with Gasteiger partial charge in [-0.1, -0.05) is 30.9 Å². The van der Waals surface area contributed by atoms with Gasteiger partial charge in [0, 0.05) is 63.1 Å². The molecule has 0 atom stereocenters. The number of benzene rings is 1. The molecule has 0 saturated carbocycles. The number of carbonyl (C=O) groups excluding carboxylic acids is 1. The number of anilines is 1. The van der Waals surface area contributed by atoms with E-state index < -0.39 is 0 Å². The monoisotopic (exact) mass is 396 g/mol. The standard InChI is InChI=1S/C24H36N4O/c1-4-21(3)25-22-11-14-28(15-12-22)24(29)6-5-13-26-16-18-27(19-17-26)23-9-7-20(2)8-10-23/h4,7-10,22,25H,1,3,5-6,11-19H2,2H3. The molecule has 2 saturated heterocycles. The maximum atomic E-state index is 12.5. The molecule has 0 bridgehead atoms. The first-order valence-corrected chi connectivity index (χ1v) is 10.9. The first-order valence-electron chi connectivity index (χ1n) is 10.9. The van der Waals surface area contributed by atoms with Crippen molar-refractivity contribution in [3.05, 3.63) is 54.8 Å². The van der Waals surface area contributed by atoms with Crippen LogP contribution >= 0.6 is 0 Å². The van der Waals surface area contributed by atoms with Gasteiger partial charge in [0.15, 0.2) is 0 Å². The van der Waals surface area contributed by atoms with Crippen molar-refractivity contribution in [3.63, 3.8) is 0 Å². The van der Waals surface area contributed by atoms with Crippen molar-refractivity contribution < 1.29 is 4.79 Å². The summed E-state index contributed by atoms with van der Waals surface area (Å²) in [5, 5.41) is 3.37. The number of rotatable bonds is 8. The topological polar surface area (TPSA) is 38.8 Å². The molecule has 1 aromatic rings. The minimum atomic E-state index is 0.310. The van der Waals surface area contributed by atoms with Crippen molar-refractivity contribution in [2.45, 2.75) is 38.6 Å². The largest absolute Gasteiger partial charge is 0.383 e. The van der Waals surface area contributed by atoms with E-state index in [0.29, 0.717) is 18.4 Å². The normalized spacial score (nSPS) is 18.5. The Kier molecular flexibility index (Phi) is 7.76. The number of hydrogen-bond donors (Lipinski definition) is 1. The summed E-state index contributed by atoms with van der Waals surface area (Å²) in [5.41, 5.74) is 3.50. The second kappa shape index (κ2) is 10.5. The number of aryl methyl sites for hydroxylation is 1. The zero-order valence-corrected chi connectivity index (χ0v) is 17.9. The highest BCUT2D eigenvalue weighted by atomic mass is 16.2. The summed E-state index contributed by atoms with van der Waals surface area (Å²) in [7, 11) is 0. The Morgan fingerprint density at radius 1 is 1.10 bits per heavy atom. The van der Waals surface area contributed by atoms with E-state index in [1.165, 1.54) is 11.3 Å². The van der Waals surface area contributed by atoms with E-state index in [4.69, 9.17) is 0 Å². The van der Waals surface area contributed by atoms with Crippen LogP contribution in [0, 0.1) is 6.92 Å². The van der Waals surface area contributed by atoms with Crippen LogP contribution in [0.1, 0.15) is 31.2 Å². The van der Waals surface area contributed by atoms with Crippen molar-refractivity contribution in [1.82, 2.24) is 15.1 Å². The van der Waals surface area contributed by atoms with Crippen LogP contribution in [0.25, 0.3) is 0 Å². The SMILES string of the molecule is C=CC(=C)NC1CCN(C(=O)CCCN2CCN(c3ccc(C)cc3)CC2)CC1. The number of hydrogen-bond acceptors (Lipinski definition) is 4. The lowest BCUT2D eigenvalue weighted by Gasteiger charge is -2.36. The molecule has 1 N–H and O–H groups in total. The lowest BCUT2D eigenvalue weighted by molar-refractivity contribution is -0.132. The van der Waals surface area contributed by atoms with Crippen molar-refractivity contribution in [2.75, 3.05) is 50.7 Å². The number of amides is 1. The molecule has 2 aliphatic heterocycles. The van der Waals surface area contributed by atoms with Crippen LogP contribution in [-0.2, 0) is 4.79 Å². The number of piperazine rings is 1. The fourth-order valence-electron chi connectivity index (χ4n) is 4.19. The molecular weight excluding hydrogens is 360 g/mol. The van der Waals surface area contributed by atoms with E-state index in [1.54, 1.807) is 6.08 Å². The Bertz CT molecular complexity index is 683.